The fourth-order valence-corrected chi connectivity index (χ4v) is 2.34. The molecule has 0 saturated carbocycles. The second-order valence-electron chi connectivity index (χ2n) is 3.70. The summed E-state index contributed by atoms with van der Waals surface area (Å²) < 4.78 is 0. The van der Waals surface area contributed by atoms with E-state index in [9.17, 15) is 10.2 Å². The first kappa shape index (κ1) is 8.84. The van der Waals surface area contributed by atoms with Crippen LogP contribution in [0.4, 0.5) is 0 Å². The first-order chi connectivity index (χ1) is 6.27. The molecule has 0 spiro atoms. The molecule has 2 N–H and O–H groups in total. The third kappa shape index (κ3) is 1.21. The van der Waals surface area contributed by atoms with Crippen molar-refractivity contribution in [2.45, 2.75) is 19.0 Å². The van der Waals surface area contributed by atoms with Crippen molar-refractivity contribution in [2.24, 2.45) is 0 Å². The van der Waals surface area contributed by atoms with E-state index in [0.717, 1.165) is 13.1 Å². The van der Waals surface area contributed by atoms with Gasteiger partial charge in [0.05, 0.1) is 25.3 Å². The van der Waals surface area contributed by atoms with Crippen molar-refractivity contribution in [2.75, 3.05) is 26.3 Å². The summed E-state index contributed by atoms with van der Waals surface area (Å²) in [5.74, 6) is 0. The Morgan fingerprint density at radius 3 is 2.54 bits per heavy atom. The molecule has 0 radical (unpaired) electrons. The molecule has 4 heteroatoms. The number of fused-ring (bicyclic) bond motifs is 2. The molecule has 2 atom stereocenters. The highest BCUT2D eigenvalue weighted by atomic mass is 16.3. The first-order valence-electron chi connectivity index (χ1n) is 4.70. The van der Waals surface area contributed by atoms with Crippen LogP contribution in [0.15, 0.2) is 11.9 Å². The van der Waals surface area contributed by atoms with E-state index in [1.54, 1.807) is 0 Å². The number of aliphatic hydroxyl groups excluding tert-OH is 2. The van der Waals surface area contributed by atoms with Gasteiger partial charge < -0.3 is 20.0 Å². The Morgan fingerprint density at radius 1 is 1.31 bits per heavy atom. The summed E-state index contributed by atoms with van der Waals surface area (Å²) in [6.45, 7) is 4.20. The van der Waals surface area contributed by atoms with Gasteiger partial charge in [0, 0.05) is 25.0 Å². The van der Waals surface area contributed by atoms with E-state index in [4.69, 9.17) is 0 Å². The standard InChI is InChI=1S/C9H16N2O2/c1-7-4-10-2-3-11(7)9(6-13)8(10)5-12/h4,8-9,12-13H,2-3,5-6H2,1H3. The minimum atomic E-state index is 0.0717. The number of rotatable bonds is 2. The van der Waals surface area contributed by atoms with Crippen molar-refractivity contribution in [3.63, 3.8) is 0 Å². The van der Waals surface area contributed by atoms with E-state index >= 15 is 0 Å². The number of aliphatic hydroxyl groups is 2. The van der Waals surface area contributed by atoms with Crippen LogP contribution in [0, 0.1) is 0 Å². The zero-order chi connectivity index (χ0) is 9.42. The minimum Gasteiger partial charge on any atom is -0.394 e. The molecule has 0 aliphatic carbocycles. The molecule has 13 heavy (non-hydrogen) atoms. The van der Waals surface area contributed by atoms with Crippen LogP contribution < -0.4 is 0 Å². The maximum atomic E-state index is 9.23. The van der Waals surface area contributed by atoms with E-state index in [2.05, 4.69) is 16.0 Å². The van der Waals surface area contributed by atoms with Gasteiger partial charge in [-0.15, -0.1) is 0 Å². The van der Waals surface area contributed by atoms with Crippen molar-refractivity contribution < 1.29 is 10.2 Å². The van der Waals surface area contributed by atoms with Crippen molar-refractivity contribution in [3.05, 3.63) is 11.9 Å². The summed E-state index contributed by atoms with van der Waals surface area (Å²) in [4.78, 5) is 4.32. The van der Waals surface area contributed by atoms with Crippen LogP contribution in [-0.2, 0) is 0 Å². The average molecular weight is 184 g/mol. The molecular weight excluding hydrogens is 168 g/mol. The topological polar surface area (TPSA) is 46.9 Å². The smallest absolute Gasteiger partial charge is 0.0744 e. The van der Waals surface area contributed by atoms with Crippen molar-refractivity contribution in [1.29, 1.82) is 0 Å². The van der Waals surface area contributed by atoms with Gasteiger partial charge >= 0.3 is 0 Å². The molecule has 0 amide bonds. The second-order valence-corrected chi connectivity index (χ2v) is 3.70. The lowest BCUT2D eigenvalue weighted by Crippen LogP contribution is -2.63. The van der Waals surface area contributed by atoms with Crippen molar-refractivity contribution >= 4 is 0 Å². The number of nitrogens with zero attached hydrogens (tertiary/aromatic N) is 2. The molecule has 2 unspecified atom stereocenters. The molecule has 0 aromatic carbocycles. The molecule has 1 fully saturated rings. The third-order valence-corrected chi connectivity index (χ3v) is 3.05. The lowest BCUT2D eigenvalue weighted by atomic mass is 9.99. The summed E-state index contributed by atoms with van der Waals surface area (Å²) in [7, 11) is 0. The number of hydrogen-bond donors (Lipinski definition) is 2. The minimum absolute atomic E-state index is 0.0717. The van der Waals surface area contributed by atoms with Gasteiger partial charge in [0.1, 0.15) is 0 Å². The largest absolute Gasteiger partial charge is 0.394 e. The molecule has 4 nitrogen and oxygen atoms in total. The Balaban J connectivity index is 2.25. The monoisotopic (exact) mass is 184 g/mol. The van der Waals surface area contributed by atoms with Crippen LogP contribution in [0.2, 0.25) is 0 Å². The van der Waals surface area contributed by atoms with E-state index in [1.807, 2.05) is 6.92 Å². The molecular formula is C9H16N2O2. The van der Waals surface area contributed by atoms with Gasteiger partial charge in [-0.25, -0.2) is 0 Å². The zero-order valence-electron chi connectivity index (χ0n) is 7.85. The molecule has 0 aromatic heterocycles. The molecule has 3 aliphatic rings. The maximum absolute atomic E-state index is 9.23. The highest BCUT2D eigenvalue weighted by Crippen LogP contribution is 2.27. The molecule has 3 rings (SSSR count). The van der Waals surface area contributed by atoms with Gasteiger partial charge in [0.2, 0.25) is 0 Å². The van der Waals surface area contributed by atoms with Gasteiger partial charge in [-0.3, -0.25) is 0 Å². The molecule has 1 saturated heterocycles. The lowest BCUT2D eigenvalue weighted by molar-refractivity contribution is -0.0120. The lowest BCUT2D eigenvalue weighted by Gasteiger charge is -2.52. The predicted octanol–water partition coefficient (Wildman–Crippen LogP) is -0.799. The van der Waals surface area contributed by atoms with E-state index in [-0.39, 0.29) is 25.3 Å². The predicted molar refractivity (Wildman–Crippen MR) is 48.9 cm³/mol. The number of piperazine rings is 1. The third-order valence-electron chi connectivity index (χ3n) is 3.05. The number of allylic oxidation sites excluding steroid dienone is 1. The van der Waals surface area contributed by atoms with Crippen LogP contribution in [-0.4, -0.2) is 58.4 Å². The zero-order valence-corrected chi connectivity index (χ0v) is 7.85. The van der Waals surface area contributed by atoms with Gasteiger partial charge in [-0.1, -0.05) is 0 Å². The summed E-state index contributed by atoms with van der Waals surface area (Å²) in [5, 5.41) is 18.4. The maximum Gasteiger partial charge on any atom is 0.0744 e. The summed E-state index contributed by atoms with van der Waals surface area (Å²) in [6, 6.07) is 0.145. The quantitative estimate of drug-likeness (QED) is 0.590. The molecule has 3 aliphatic heterocycles. The van der Waals surface area contributed by atoms with Crippen molar-refractivity contribution in [3.8, 4) is 0 Å². The average Bonchev–Trinajstić information content (AvgIpc) is 2.17. The highest BCUT2D eigenvalue weighted by Gasteiger charge is 2.38. The Labute approximate surface area is 78.1 Å². The summed E-state index contributed by atoms with van der Waals surface area (Å²) in [5.41, 5.74) is 1.19. The molecule has 3 heterocycles. The van der Waals surface area contributed by atoms with E-state index < -0.39 is 0 Å². The van der Waals surface area contributed by atoms with Gasteiger partial charge in [-0.05, 0) is 6.92 Å². The Bertz CT molecular complexity index is 230. The molecule has 0 aromatic rings. The fraction of sp³-hybridized carbons (Fsp3) is 0.778. The van der Waals surface area contributed by atoms with Gasteiger partial charge in [-0.2, -0.15) is 0 Å². The second kappa shape index (κ2) is 3.20. The SMILES string of the molecule is CC1=CN2CCN1C(CO)C2CO. The summed E-state index contributed by atoms with van der Waals surface area (Å²) in [6.07, 6.45) is 2.07. The molecule has 74 valence electrons. The van der Waals surface area contributed by atoms with E-state index in [0.29, 0.717) is 0 Å². The van der Waals surface area contributed by atoms with Crippen LogP contribution in [0.1, 0.15) is 6.92 Å². The van der Waals surface area contributed by atoms with Crippen LogP contribution in [0.25, 0.3) is 0 Å². The van der Waals surface area contributed by atoms with Crippen molar-refractivity contribution in [1.82, 2.24) is 9.80 Å². The molecule has 2 bridgehead atoms. The van der Waals surface area contributed by atoms with Gasteiger partial charge in [0.15, 0.2) is 0 Å². The van der Waals surface area contributed by atoms with Crippen LogP contribution in [0.3, 0.4) is 0 Å². The van der Waals surface area contributed by atoms with E-state index in [1.165, 1.54) is 5.70 Å². The van der Waals surface area contributed by atoms with Crippen LogP contribution >= 0.6 is 0 Å². The Morgan fingerprint density at radius 2 is 2.00 bits per heavy atom. The Hall–Kier alpha value is -0.740. The van der Waals surface area contributed by atoms with Crippen LogP contribution in [0.5, 0.6) is 0 Å². The number of hydrogen-bond acceptors (Lipinski definition) is 4. The van der Waals surface area contributed by atoms with Gasteiger partial charge in [0.25, 0.3) is 0 Å². The fourth-order valence-electron chi connectivity index (χ4n) is 2.34. The highest BCUT2D eigenvalue weighted by molar-refractivity contribution is 5.13. The normalized spacial score (nSPS) is 32.4. The first-order valence-corrected chi connectivity index (χ1v) is 4.70. The summed E-state index contributed by atoms with van der Waals surface area (Å²) >= 11 is 0. The Kier molecular flexibility index (Phi) is 2.17.